The molecule has 160 valence electrons. The summed E-state index contributed by atoms with van der Waals surface area (Å²) in [5.74, 6) is 0.750. The van der Waals surface area contributed by atoms with E-state index < -0.39 is 11.5 Å². The van der Waals surface area contributed by atoms with E-state index in [0.29, 0.717) is 22.7 Å². The Bertz CT molecular complexity index is 1510. The topological polar surface area (TPSA) is 84.1 Å². The zero-order valence-electron chi connectivity index (χ0n) is 17.5. The summed E-state index contributed by atoms with van der Waals surface area (Å²) in [6.45, 7) is 0. The summed E-state index contributed by atoms with van der Waals surface area (Å²) < 4.78 is 5.82. The largest absolute Gasteiger partial charge is 0.457 e. The Morgan fingerprint density at radius 2 is 1.64 bits per heavy atom. The van der Waals surface area contributed by atoms with Gasteiger partial charge >= 0.3 is 0 Å². The molecule has 0 unspecified atom stereocenters. The van der Waals surface area contributed by atoms with Gasteiger partial charge in [0.1, 0.15) is 17.1 Å². The molecule has 2 aromatic heterocycles. The number of ether oxygens (including phenoxy) is 1. The van der Waals surface area contributed by atoms with Crippen LogP contribution in [0.3, 0.4) is 0 Å². The molecule has 5 aromatic rings. The predicted octanol–water partition coefficient (Wildman–Crippen LogP) is 5.63. The lowest BCUT2D eigenvalue weighted by Crippen LogP contribution is -2.23. The Balaban J connectivity index is 1.43. The Morgan fingerprint density at radius 1 is 0.848 bits per heavy atom. The Morgan fingerprint density at radius 3 is 2.52 bits per heavy atom. The minimum atomic E-state index is -0.511. The molecule has 2 N–H and O–H groups in total. The first-order valence-corrected chi connectivity index (χ1v) is 10.4. The van der Waals surface area contributed by atoms with Gasteiger partial charge in [0.05, 0.1) is 0 Å². The van der Waals surface area contributed by atoms with Crippen LogP contribution >= 0.6 is 0 Å². The number of benzene rings is 3. The second kappa shape index (κ2) is 8.80. The van der Waals surface area contributed by atoms with Gasteiger partial charge in [-0.05, 0) is 35.7 Å². The second-order valence-electron chi connectivity index (χ2n) is 7.44. The molecule has 6 heteroatoms. The Hall–Kier alpha value is -4.71. The number of carbonyl (C=O) groups excluding carboxylic acids is 1. The van der Waals surface area contributed by atoms with Gasteiger partial charge in [0.25, 0.3) is 11.5 Å². The predicted molar refractivity (Wildman–Crippen MR) is 129 cm³/mol. The van der Waals surface area contributed by atoms with Crippen molar-refractivity contribution in [3.8, 4) is 22.6 Å². The van der Waals surface area contributed by atoms with Crippen molar-refractivity contribution in [3.63, 3.8) is 0 Å². The number of fused-ring (bicyclic) bond motifs is 1. The summed E-state index contributed by atoms with van der Waals surface area (Å²) in [5.41, 5.74) is 1.59. The van der Waals surface area contributed by atoms with Crippen molar-refractivity contribution < 1.29 is 9.53 Å². The average molecular weight is 433 g/mol. The van der Waals surface area contributed by atoms with Crippen molar-refractivity contribution in [2.24, 2.45) is 0 Å². The van der Waals surface area contributed by atoms with E-state index in [2.05, 4.69) is 15.3 Å². The first-order valence-electron chi connectivity index (χ1n) is 10.4. The summed E-state index contributed by atoms with van der Waals surface area (Å²) in [4.78, 5) is 32.4. The normalized spacial score (nSPS) is 10.7. The highest BCUT2D eigenvalue weighted by atomic mass is 16.5. The zero-order valence-corrected chi connectivity index (χ0v) is 17.5. The maximum atomic E-state index is 13.0. The quantitative estimate of drug-likeness (QED) is 0.376. The fourth-order valence-corrected chi connectivity index (χ4v) is 3.61. The molecule has 5 rings (SSSR count). The van der Waals surface area contributed by atoms with Gasteiger partial charge < -0.3 is 15.0 Å². The van der Waals surface area contributed by atoms with Crippen LogP contribution in [0.5, 0.6) is 11.5 Å². The summed E-state index contributed by atoms with van der Waals surface area (Å²) in [7, 11) is 0. The van der Waals surface area contributed by atoms with E-state index in [0.717, 1.165) is 16.3 Å². The van der Waals surface area contributed by atoms with Crippen LogP contribution in [0.2, 0.25) is 0 Å². The van der Waals surface area contributed by atoms with E-state index in [4.69, 9.17) is 4.74 Å². The van der Waals surface area contributed by atoms with Crippen molar-refractivity contribution >= 4 is 22.4 Å². The molecule has 0 atom stereocenters. The first-order chi connectivity index (χ1) is 16.2. The Labute approximate surface area is 189 Å². The molecule has 0 radical (unpaired) electrons. The van der Waals surface area contributed by atoms with Gasteiger partial charge in [0, 0.05) is 46.9 Å². The lowest BCUT2D eigenvalue weighted by Gasteiger charge is -2.10. The molecule has 0 aliphatic carbocycles. The van der Waals surface area contributed by atoms with Gasteiger partial charge in [-0.15, -0.1) is 0 Å². The number of aromatic nitrogens is 2. The van der Waals surface area contributed by atoms with Gasteiger partial charge in [-0.3, -0.25) is 14.6 Å². The minimum Gasteiger partial charge on any atom is -0.457 e. The third kappa shape index (κ3) is 4.36. The van der Waals surface area contributed by atoms with Crippen LogP contribution in [0.25, 0.3) is 21.9 Å². The van der Waals surface area contributed by atoms with Crippen molar-refractivity contribution in [1.29, 1.82) is 0 Å². The molecular formula is C27H19N3O3. The number of hydrogen-bond acceptors (Lipinski definition) is 4. The average Bonchev–Trinajstić information content (AvgIpc) is 2.85. The van der Waals surface area contributed by atoms with E-state index in [9.17, 15) is 9.59 Å². The molecule has 0 fully saturated rings. The van der Waals surface area contributed by atoms with E-state index in [1.807, 2.05) is 54.6 Å². The fraction of sp³-hybridized carbons (Fsp3) is 0. The summed E-state index contributed by atoms with van der Waals surface area (Å²) in [6.07, 6.45) is 5.10. The van der Waals surface area contributed by atoms with Crippen LogP contribution in [-0.2, 0) is 0 Å². The number of nitrogens with one attached hydrogen (secondary N) is 2. The van der Waals surface area contributed by atoms with Crippen LogP contribution in [0.15, 0.2) is 108 Å². The van der Waals surface area contributed by atoms with Gasteiger partial charge in [0.15, 0.2) is 0 Å². The van der Waals surface area contributed by atoms with Crippen LogP contribution in [0, 0.1) is 0 Å². The molecule has 0 aliphatic heterocycles. The molecule has 1 amide bonds. The molecule has 2 heterocycles. The standard InChI is InChI=1S/C27H19N3O3/c31-26-24(13-19(16-29-26)25-17-28-15-18-7-4-5-12-23(18)25)27(32)30-20-8-6-11-22(14-20)33-21-9-2-1-3-10-21/h1-17H,(H,29,31)(H,30,32). The highest BCUT2D eigenvalue weighted by Gasteiger charge is 2.14. The number of nitrogens with zero attached hydrogens (tertiary/aromatic N) is 1. The van der Waals surface area contributed by atoms with Gasteiger partial charge in [-0.1, -0.05) is 48.5 Å². The van der Waals surface area contributed by atoms with Crippen molar-refractivity contribution in [3.05, 3.63) is 119 Å². The van der Waals surface area contributed by atoms with Gasteiger partial charge in [-0.25, -0.2) is 0 Å². The van der Waals surface area contributed by atoms with Crippen LogP contribution in [0.1, 0.15) is 10.4 Å². The number of hydrogen-bond donors (Lipinski definition) is 2. The summed E-state index contributed by atoms with van der Waals surface area (Å²) in [5, 5.41) is 4.74. The third-order valence-electron chi connectivity index (χ3n) is 5.20. The molecule has 6 nitrogen and oxygen atoms in total. The summed E-state index contributed by atoms with van der Waals surface area (Å²) >= 11 is 0. The van der Waals surface area contributed by atoms with E-state index in [1.54, 1.807) is 48.9 Å². The van der Waals surface area contributed by atoms with Crippen LogP contribution in [0.4, 0.5) is 5.69 Å². The number of H-pyrrole nitrogens is 1. The van der Waals surface area contributed by atoms with Crippen LogP contribution in [-0.4, -0.2) is 15.9 Å². The molecule has 33 heavy (non-hydrogen) atoms. The molecule has 3 aromatic carbocycles. The number of para-hydroxylation sites is 1. The van der Waals surface area contributed by atoms with Gasteiger partial charge in [0.2, 0.25) is 0 Å². The molecule has 0 bridgehead atoms. The fourth-order valence-electron chi connectivity index (χ4n) is 3.61. The second-order valence-corrected chi connectivity index (χ2v) is 7.44. The highest BCUT2D eigenvalue weighted by Crippen LogP contribution is 2.27. The molecule has 0 spiro atoms. The monoisotopic (exact) mass is 433 g/mol. The SMILES string of the molecule is O=C(Nc1cccc(Oc2ccccc2)c1)c1cc(-c2cncc3ccccc23)c[nH]c1=O. The minimum absolute atomic E-state index is 0.00909. The maximum Gasteiger partial charge on any atom is 0.261 e. The zero-order chi connectivity index (χ0) is 22.6. The number of aromatic amines is 1. The number of carbonyl (C=O) groups is 1. The summed E-state index contributed by atoms with van der Waals surface area (Å²) in [6, 6.07) is 25.8. The smallest absolute Gasteiger partial charge is 0.261 e. The van der Waals surface area contributed by atoms with Gasteiger partial charge in [-0.2, -0.15) is 0 Å². The third-order valence-corrected chi connectivity index (χ3v) is 5.20. The molecular weight excluding hydrogens is 414 g/mol. The van der Waals surface area contributed by atoms with Crippen LogP contribution < -0.4 is 15.6 Å². The number of anilines is 1. The maximum absolute atomic E-state index is 13.0. The van der Waals surface area contributed by atoms with Crippen molar-refractivity contribution in [2.45, 2.75) is 0 Å². The number of pyridine rings is 2. The number of amides is 1. The lowest BCUT2D eigenvalue weighted by molar-refractivity contribution is 0.102. The first kappa shape index (κ1) is 20.2. The highest BCUT2D eigenvalue weighted by molar-refractivity contribution is 6.05. The van der Waals surface area contributed by atoms with E-state index in [-0.39, 0.29) is 5.56 Å². The number of rotatable bonds is 5. The lowest BCUT2D eigenvalue weighted by atomic mass is 10.0. The van der Waals surface area contributed by atoms with E-state index >= 15 is 0 Å². The molecule has 0 aliphatic rings. The van der Waals surface area contributed by atoms with Crippen molar-refractivity contribution in [2.75, 3.05) is 5.32 Å². The van der Waals surface area contributed by atoms with E-state index in [1.165, 1.54) is 0 Å². The Kier molecular flexibility index (Phi) is 5.39. The molecule has 0 saturated heterocycles. The van der Waals surface area contributed by atoms with Crippen molar-refractivity contribution in [1.82, 2.24) is 9.97 Å². The molecule has 0 saturated carbocycles.